The van der Waals surface area contributed by atoms with E-state index in [2.05, 4.69) is 0 Å². The van der Waals surface area contributed by atoms with Crippen LogP contribution in [-0.4, -0.2) is 23.8 Å². The molecule has 0 aliphatic heterocycles. The zero-order chi connectivity index (χ0) is 16.0. The molecule has 2 unspecified atom stereocenters. The van der Waals surface area contributed by atoms with Crippen molar-refractivity contribution in [2.24, 2.45) is 5.92 Å². The fourth-order valence-electron chi connectivity index (χ4n) is 3.58. The highest BCUT2D eigenvalue weighted by Crippen LogP contribution is 2.37. The van der Waals surface area contributed by atoms with Crippen LogP contribution < -0.4 is 0 Å². The highest BCUT2D eigenvalue weighted by Gasteiger charge is 2.41. The van der Waals surface area contributed by atoms with E-state index in [1.165, 1.54) is 6.42 Å². The number of rotatable bonds is 7. The predicted molar refractivity (Wildman–Crippen MR) is 87.6 cm³/mol. The Kier molecular flexibility index (Phi) is 6.16. The quantitative estimate of drug-likeness (QED) is 0.779. The zero-order valence-electron chi connectivity index (χ0n) is 13.8. The summed E-state index contributed by atoms with van der Waals surface area (Å²) in [7, 11) is 0. The predicted octanol–water partition coefficient (Wildman–Crippen LogP) is 3.84. The Morgan fingerprint density at radius 1 is 1.27 bits per heavy atom. The van der Waals surface area contributed by atoms with Gasteiger partial charge in [-0.15, -0.1) is 0 Å². The molecule has 0 amide bonds. The molecule has 1 aromatic rings. The SMILES string of the molecule is CCOC(O)CC(C)(C(=O)C1CCCCC1)c1ccccc1. The summed E-state index contributed by atoms with van der Waals surface area (Å²) in [4.78, 5) is 13.2. The van der Waals surface area contributed by atoms with Gasteiger partial charge in [0.2, 0.25) is 0 Å². The van der Waals surface area contributed by atoms with E-state index in [4.69, 9.17) is 4.74 Å². The van der Waals surface area contributed by atoms with Crippen LogP contribution in [0, 0.1) is 5.92 Å². The Morgan fingerprint density at radius 3 is 2.50 bits per heavy atom. The lowest BCUT2D eigenvalue weighted by molar-refractivity contribution is -0.139. The molecule has 1 N–H and O–H groups in total. The second-order valence-electron chi connectivity index (χ2n) is 6.51. The fourth-order valence-corrected chi connectivity index (χ4v) is 3.58. The largest absolute Gasteiger partial charge is 0.368 e. The van der Waals surface area contributed by atoms with E-state index in [-0.39, 0.29) is 11.7 Å². The molecule has 1 aromatic carbocycles. The minimum absolute atomic E-state index is 0.118. The van der Waals surface area contributed by atoms with E-state index in [9.17, 15) is 9.90 Å². The first-order valence-corrected chi connectivity index (χ1v) is 8.47. The second kappa shape index (κ2) is 7.89. The van der Waals surface area contributed by atoms with Gasteiger partial charge in [-0.25, -0.2) is 0 Å². The van der Waals surface area contributed by atoms with Gasteiger partial charge in [-0.1, -0.05) is 49.6 Å². The topological polar surface area (TPSA) is 46.5 Å². The molecule has 0 aromatic heterocycles. The van der Waals surface area contributed by atoms with E-state index >= 15 is 0 Å². The second-order valence-corrected chi connectivity index (χ2v) is 6.51. The fraction of sp³-hybridized carbons (Fsp3) is 0.632. The molecule has 0 bridgehead atoms. The molecule has 1 aliphatic rings. The molecule has 3 heteroatoms. The van der Waals surface area contributed by atoms with Gasteiger partial charge in [0, 0.05) is 18.9 Å². The normalized spacial score (nSPS) is 20.3. The average molecular weight is 304 g/mol. The van der Waals surface area contributed by atoms with Crippen molar-refractivity contribution in [2.75, 3.05) is 6.61 Å². The molecule has 0 radical (unpaired) electrons. The molecule has 0 saturated heterocycles. The van der Waals surface area contributed by atoms with Crippen LogP contribution in [0.3, 0.4) is 0 Å². The molecule has 1 aliphatic carbocycles. The first-order valence-electron chi connectivity index (χ1n) is 8.47. The summed E-state index contributed by atoms with van der Waals surface area (Å²) in [5.74, 6) is 0.380. The maximum atomic E-state index is 13.2. The monoisotopic (exact) mass is 304 g/mol. The van der Waals surface area contributed by atoms with Crippen LogP contribution in [-0.2, 0) is 14.9 Å². The van der Waals surface area contributed by atoms with Gasteiger partial charge in [-0.2, -0.15) is 0 Å². The van der Waals surface area contributed by atoms with Crippen molar-refractivity contribution >= 4 is 5.78 Å². The molecule has 22 heavy (non-hydrogen) atoms. The van der Waals surface area contributed by atoms with Crippen molar-refractivity contribution in [1.82, 2.24) is 0 Å². The third kappa shape index (κ3) is 3.96. The van der Waals surface area contributed by atoms with Crippen LogP contribution in [0.5, 0.6) is 0 Å². The summed E-state index contributed by atoms with van der Waals surface area (Å²) in [5.41, 5.74) is 0.294. The Bertz CT molecular complexity index is 465. The van der Waals surface area contributed by atoms with E-state index < -0.39 is 11.7 Å². The molecule has 2 atom stereocenters. The molecule has 0 spiro atoms. The van der Waals surface area contributed by atoms with Crippen molar-refractivity contribution in [3.8, 4) is 0 Å². The summed E-state index contributed by atoms with van der Waals surface area (Å²) in [5, 5.41) is 10.1. The molecule has 1 saturated carbocycles. The zero-order valence-corrected chi connectivity index (χ0v) is 13.8. The number of hydrogen-bond donors (Lipinski definition) is 1. The molecule has 2 rings (SSSR count). The average Bonchev–Trinajstić information content (AvgIpc) is 2.56. The Balaban J connectivity index is 2.25. The first kappa shape index (κ1) is 17.2. The van der Waals surface area contributed by atoms with Gasteiger partial charge in [0.1, 0.15) is 5.78 Å². The number of benzene rings is 1. The highest BCUT2D eigenvalue weighted by molar-refractivity contribution is 5.91. The number of ether oxygens (including phenoxy) is 1. The third-order valence-corrected chi connectivity index (χ3v) is 4.87. The number of Topliss-reactive ketones (excluding diaryl/α,β-unsaturated/α-hetero) is 1. The van der Waals surface area contributed by atoms with E-state index in [1.54, 1.807) is 0 Å². The van der Waals surface area contributed by atoms with Crippen LogP contribution in [0.2, 0.25) is 0 Å². The molecule has 1 fully saturated rings. The molecular weight excluding hydrogens is 276 g/mol. The molecule has 3 nitrogen and oxygen atoms in total. The highest BCUT2D eigenvalue weighted by atomic mass is 16.6. The van der Waals surface area contributed by atoms with Gasteiger partial charge in [0.25, 0.3) is 0 Å². The first-order chi connectivity index (χ1) is 10.6. The van der Waals surface area contributed by atoms with Crippen molar-refractivity contribution in [3.63, 3.8) is 0 Å². The maximum Gasteiger partial charge on any atom is 0.155 e. The van der Waals surface area contributed by atoms with Gasteiger partial charge in [-0.05, 0) is 32.3 Å². The minimum atomic E-state index is -0.900. The van der Waals surface area contributed by atoms with E-state index in [0.29, 0.717) is 13.0 Å². The number of carbonyl (C=O) groups is 1. The lowest BCUT2D eigenvalue weighted by atomic mass is 9.69. The van der Waals surface area contributed by atoms with Crippen LogP contribution in [0.1, 0.15) is 57.9 Å². The van der Waals surface area contributed by atoms with Crippen molar-refractivity contribution < 1.29 is 14.6 Å². The van der Waals surface area contributed by atoms with Crippen LogP contribution in [0.4, 0.5) is 0 Å². The Morgan fingerprint density at radius 2 is 1.91 bits per heavy atom. The number of carbonyl (C=O) groups excluding carboxylic acids is 1. The van der Waals surface area contributed by atoms with Crippen molar-refractivity contribution in [1.29, 1.82) is 0 Å². The van der Waals surface area contributed by atoms with E-state index in [0.717, 1.165) is 31.2 Å². The van der Waals surface area contributed by atoms with Gasteiger partial charge in [0.15, 0.2) is 6.29 Å². The molecule has 122 valence electrons. The van der Waals surface area contributed by atoms with Gasteiger partial charge in [0.05, 0.1) is 5.41 Å². The van der Waals surface area contributed by atoms with E-state index in [1.807, 2.05) is 44.2 Å². The van der Waals surface area contributed by atoms with Crippen LogP contribution in [0.25, 0.3) is 0 Å². The lowest BCUT2D eigenvalue weighted by Crippen LogP contribution is -2.41. The van der Waals surface area contributed by atoms with Gasteiger partial charge < -0.3 is 9.84 Å². The minimum Gasteiger partial charge on any atom is -0.368 e. The Hall–Kier alpha value is -1.19. The van der Waals surface area contributed by atoms with Crippen molar-refractivity contribution in [2.45, 2.75) is 64.1 Å². The van der Waals surface area contributed by atoms with Gasteiger partial charge in [-0.3, -0.25) is 4.79 Å². The number of aliphatic hydroxyl groups excluding tert-OH is 1. The maximum absolute atomic E-state index is 13.2. The summed E-state index contributed by atoms with van der Waals surface area (Å²) < 4.78 is 5.30. The summed E-state index contributed by atoms with van der Waals surface area (Å²) in [6.45, 7) is 4.26. The number of hydrogen-bond acceptors (Lipinski definition) is 3. The molecular formula is C19H28O3. The van der Waals surface area contributed by atoms with Gasteiger partial charge >= 0.3 is 0 Å². The Labute approximate surface area is 133 Å². The lowest BCUT2D eigenvalue weighted by Gasteiger charge is -2.35. The van der Waals surface area contributed by atoms with Crippen LogP contribution in [0.15, 0.2) is 30.3 Å². The van der Waals surface area contributed by atoms with Crippen LogP contribution >= 0.6 is 0 Å². The smallest absolute Gasteiger partial charge is 0.155 e. The summed E-state index contributed by atoms with van der Waals surface area (Å²) in [6, 6.07) is 9.83. The molecule has 0 heterocycles. The standard InChI is InChI=1S/C19H28O3/c1-3-22-17(20)14-19(2,16-12-8-5-9-13-16)18(21)15-10-6-4-7-11-15/h5,8-9,12-13,15,17,20H,3-4,6-7,10-11,14H2,1-2H3. The summed E-state index contributed by atoms with van der Waals surface area (Å²) in [6.07, 6.45) is 4.87. The third-order valence-electron chi connectivity index (χ3n) is 4.87. The number of ketones is 1. The van der Waals surface area contributed by atoms with Crippen molar-refractivity contribution in [3.05, 3.63) is 35.9 Å². The number of aliphatic hydroxyl groups is 1. The summed E-state index contributed by atoms with van der Waals surface area (Å²) >= 11 is 0.